The van der Waals surface area contributed by atoms with E-state index in [4.69, 9.17) is 0 Å². The van der Waals surface area contributed by atoms with Gasteiger partial charge in [0.15, 0.2) is 0 Å². The summed E-state index contributed by atoms with van der Waals surface area (Å²) in [5.41, 5.74) is 2.90. The van der Waals surface area contributed by atoms with Gasteiger partial charge in [0.05, 0.1) is 0 Å². The summed E-state index contributed by atoms with van der Waals surface area (Å²) in [6.07, 6.45) is 2.42. The third-order valence-electron chi connectivity index (χ3n) is 3.09. The molecule has 1 unspecified atom stereocenters. The topological polar surface area (TPSA) is 12.0 Å². The maximum atomic E-state index is 3.52. The molecule has 0 aliphatic rings. The summed E-state index contributed by atoms with van der Waals surface area (Å²) in [5.74, 6) is 1.33. The van der Waals surface area contributed by atoms with Crippen molar-refractivity contribution >= 4 is 0 Å². The van der Waals surface area contributed by atoms with Gasteiger partial charge in [-0.1, -0.05) is 58.4 Å². The number of nitrogens with one attached hydrogen (secondary N) is 1. The maximum Gasteiger partial charge on any atom is 0.00176 e. The Hall–Kier alpha value is -0.820. The van der Waals surface area contributed by atoms with Gasteiger partial charge in [-0.25, -0.2) is 0 Å². The molecule has 0 saturated carbocycles. The van der Waals surface area contributed by atoms with E-state index in [2.05, 4.69) is 57.3 Å². The minimum Gasteiger partial charge on any atom is -0.316 e. The van der Waals surface area contributed by atoms with E-state index in [9.17, 15) is 0 Å². The molecule has 0 saturated heterocycles. The van der Waals surface area contributed by atoms with Gasteiger partial charge in [0.1, 0.15) is 0 Å². The molecule has 0 heterocycles. The first kappa shape index (κ1) is 14.2. The van der Waals surface area contributed by atoms with Crippen LogP contribution >= 0.6 is 0 Å². The first-order chi connectivity index (χ1) is 8.13. The van der Waals surface area contributed by atoms with Crippen LogP contribution in [0.2, 0.25) is 0 Å². The fourth-order valence-electron chi connectivity index (χ4n) is 2.01. The molecule has 1 N–H and O–H groups in total. The van der Waals surface area contributed by atoms with Crippen molar-refractivity contribution in [1.29, 1.82) is 0 Å². The quantitative estimate of drug-likeness (QED) is 0.751. The second-order valence-corrected chi connectivity index (χ2v) is 5.44. The highest BCUT2D eigenvalue weighted by atomic mass is 14.9. The fourth-order valence-corrected chi connectivity index (χ4v) is 2.01. The van der Waals surface area contributed by atoms with Gasteiger partial charge in [0.2, 0.25) is 0 Å². The molecule has 17 heavy (non-hydrogen) atoms. The molecule has 1 aromatic carbocycles. The third-order valence-corrected chi connectivity index (χ3v) is 3.09. The van der Waals surface area contributed by atoms with Gasteiger partial charge < -0.3 is 5.32 Å². The largest absolute Gasteiger partial charge is 0.316 e. The Balaban J connectivity index is 2.43. The molecule has 0 spiro atoms. The van der Waals surface area contributed by atoms with E-state index in [1.807, 2.05) is 0 Å². The van der Waals surface area contributed by atoms with E-state index in [1.54, 1.807) is 0 Å². The Bertz CT molecular complexity index is 300. The van der Waals surface area contributed by atoms with Crippen LogP contribution in [0, 0.1) is 5.92 Å². The van der Waals surface area contributed by atoms with Crippen LogP contribution in [0.5, 0.6) is 0 Å². The van der Waals surface area contributed by atoms with Crippen molar-refractivity contribution in [3.63, 3.8) is 0 Å². The van der Waals surface area contributed by atoms with E-state index in [0.717, 1.165) is 19.0 Å². The van der Waals surface area contributed by atoms with Gasteiger partial charge >= 0.3 is 0 Å². The van der Waals surface area contributed by atoms with E-state index >= 15 is 0 Å². The van der Waals surface area contributed by atoms with E-state index in [1.165, 1.54) is 24.0 Å². The molecule has 0 bridgehead atoms. The van der Waals surface area contributed by atoms with Crippen molar-refractivity contribution in [2.45, 2.75) is 46.5 Å². The number of hydrogen-bond donors (Lipinski definition) is 1. The minimum absolute atomic E-state index is 0.601. The normalized spacial score (nSPS) is 13.0. The summed E-state index contributed by atoms with van der Waals surface area (Å²) >= 11 is 0. The van der Waals surface area contributed by atoms with Gasteiger partial charge in [0.25, 0.3) is 0 Å². The zero-order chi connectivity index (χ0) is 12.7. The lowest BCUT2D eigenvalue weighted by Gasteiger charge is -2.14. The lowest BCUT2D eigenvalue weighted by molar-refractivity contribution is 0.528. The predicted octanol–water partition coefficient (Wildman–Crippen LogP) is 3.99. The van der Waals surface area contributed by atoms with Crippen molar-refractivity contribution in [2.24, 2.45) is 5.92 Å². The second kappa shape index (κ2) is 7.50. The summed E-state index contributed by atoms with van der Waals surface area (Å²) in [4.78, 5) is 0. The average Bonchev–Trinajstić information content (AvgIpc) is 2.30. The van der Waals surface area contributed by atoms with Crippen molar-refractivity contribution in [3.05, 3.63) is 35.4 Å². The summed E-state index contributed by atoms with van der Waals surface area (Å²) in [5, 5.41) is 3.52. The average molecular weight is 233 g/mol. The smallest absolute Gasteiger partial charge is 0.00176 e. The van der Waals surface area contributed by atoms with Crippen LogP contribution in [-0.2, 0) is 6.42 Å². The highest BCUT2D eigenvalue weighted by Gasteiger charge is 2.05. The number of benzene rings is 1. The molecule has 1 aromatic rings. The maximum absolute atomic E-state index is 3.52. The molecule has 1 rings (SSSR count). The van der Waals surface area contributed by atoms with Crippen LogP contribution in [0.1, 0.15) is 51.2 Å². The summed E-state index contributed by atoms with van der Waals surface area (Å²) in [6.45, 7) is 11.2. The Morgan fingerprint density at radius 1 is 1.00 bits per heavy atom. The molecule has 0 aliphatic heterocycles. The Morgan fingerprint density at radius 3 is 2.18 bits per heavy atom. The zero-order valence-electron chi connectivity index (χ0n) is 11.8. The fraction of sp³-hybridized carbons (Fsp3) is 0.625. The molecule has 0 fully saturated rings. The molecule has 96 valence electrons. The van der Waals surface area contributed by atoms with E-state index in [0.29, 0.717) is 5.92 Å². The number of hydrogen-bond acceptors (Lipinski definition) is 1. The first-order valence-electron chi connectivity index (χ1n) is 6.93. The van der Waals surface area contributed by atoms with Crippen LogP contribution in [-0.4, -0.2) is 13.1 Å². The molecule has 1 nitrogen and oxygen atoms in total. The van der Waals surface area contributed by atoms with Crippen molar-refractivity contribution in [1.82, 2.24) is 5.32 Å². The molecule has 0 aliphatic carbocycles. The van der Waals surface area contributed by atoms with Crippen LogP contribution in [0.3, 0.4) is 0 Å². The minimum atomic E-state index is 0.601. The van der Waals surface area contributed by atoms with Gasteiger partial charge in [-0.2, -0.15) is 0 Å². The lowest BCUT2D eigenvalue weighted by Crippen LogP contribution is -2.24. The zero-order valence-corrected chi connectivity index (χ0v) is 11.8. The van der Waals surface area contributed by atoms with Crippen molar-refractivity contribution in [2.75, 3.05) is 13.1 Å². The third kappa shape index (κ3) is 5.36. The van der Waals surface area contributed by atoms with Crippen molar-refractivity contribution in [3.8, 4) is 0 Å². The van der Waals surface area contributed by atoms with Crippen LogP contribution in [0.4, 0.5) is 0 Å². The highest BCUT2D eigenvalue weighted by Crippen LogP contribution is 2.15. The van der Waals surface area contributed by atoms with E-state index < -0.39 is 0 Å². The van der Waals surface area contributed by atoms with Gasteiger partial charge in [-0.05, 0) is 35.9 Å². The Kier molecular flexibility index (Phi) is 6.28. The monoisotopic (exact) mass is 233 g/mol. The lowest BCUT2D eigenvalue weighted by atomic mass is 9.98. The summed E-state index contributed by atoms with van der Waals surface area (Å²) < 4.78 is 0. The predicted molar refractivity (Wildman–Crippen MR) is 76.6 cm³/mol. The molecule has 1 atom stereocenters. The molecule has 0 amide bonds. The summed E-state index contributed by atoms with van der Waals surface area (Å²) in [7, 11) is 0. The van der Waals surface area contributed by atoms with E-state index in [-0.39, 0.29) is 0 Å². The Labute approximate surface area is 107 Å². The SMILES string of the molecule is CCCc1ccc(C(C)CNCC(C)C)cc1. The number of aryl methyl sites for hydroxylation is 1. The number of rotatable bonds is 7. The highest BCUT2D eigenvalue weighted by molar-refractivity contribution is 5.25. The standard InChI is InChI=1S/C16H27N/c1-5-6-15-7-9-16(10-8-15)14(4)12-17-11-13(2)3/h7-10,13-14,17H,5-6,11-12H2,1-4H3. The van der Waals surface area contributed by atoms with Crippen LogP contribution < -0.4 is 5.32 Å². The molecule has 1 heteroatoms. The summed E-state index contributed by atoms with van der Waals surface area (Å²) in [6, 6.07) is 9.12. The molecular formula is C16H27N. The van der Waals surface area contributed by atoms with Gasteiger partial charge in [-0.3, -0.25) is 0 Å². The van der Waals surface area contributed by atoms with Crippen LogP contribution in [0.15, 0.2) is 24.3 Å². The molecule has 0 aromatic heterocycles. The second-order valence-electron chi connectivity index (χ2n) is 5.44. The van der Waals surface area contributed by atoms with Crippen molar-refractivity contribution < 1.29 is 0 Å². The van der Waals surface area contributed by atoms with Gasteiger partial charge in [-0.15, -0.1) is 0 Å². The van der Waals surface area contributed by atoms with Gasteiger partial charge in [0, 0.05) is 6.54 Å². The Morgan fingerprint density at radius 2 is 1.65 bits per heavy atom. The van der Waals surface area contributed by atoms with Crippen LogP contribution in [0.25, 0.3) is 0 Å². The molecule has 0 radical (unpaired) electrons. The first-order valence-corrected chi connectivity index (χ1v) is 6.93. The molecular weight excluding hydrogens is 206 g/mol.